The van der Waals surface area contributed by atoms with Crippen LogP contribution in [0.15, 0.2) is 0 Å². The van der Waals surface area contributed by atoms with Gasteiger partial charge >= 0.3 is 0 Å². The molecule has 2 N–H and O–H groups in total. The summed E-state index contributed by atoms with van der Waals surface area (Å²) in [6, 6.07) is 0.350. The van der Waals surface area contributed by atoms with Gasteiger partial charge in [0.05, 0.1) is 5.60 Å². The van der Waals surface area contributed by atoms with E-state index in [0.29, 0.717) is 6.04 Å². The summed E-state index contributed by atoms with van der Waals surface area (Å²) in [5.41, 5.74) is 5.93. The molecule has 1 saturated carbocycles. The van der Waals surface area contributed by atoms with Gasteiger partial charge in [0, 0.05) is 12.6 Å². The van der Waals surface area contributed by atoms with Crippen molar-refractivity contribution < 1.29 is 4.74 Å². The highest BCUT2D eigenvalue weighted by Crippen LogP contribution is 2.46. The first-order valence-corrected chi connectivity index (χ1v) is 3.23. The van der Waals surface area contributed by atoms with E-state index in [2.05, 4.69) is 0 Å². The van der Waals surface area contributed by atoms with Crippen LogP contribution in [-0.4, -0.2) is 18.2 Å². The standard InChI is InChI=1S/C6H11NO/c7-5-1-4-8-6(5)2-3-6/h5H,1-4,7H2/t5-/m1/s1. The third-order valence-corrected chi connectivity index (χ3v) is 2.24. The molecule has 0 aromatic rings. The van der Waals surface area contributed by atoms with Gasteiger partial charge in [0.15, 0.2) is 0 Å². The van der Waals surface area contributed by atoms with E-state index >= 15 is 0 Å². The van der Waals surface area contributed by atoms with Crippen LogP contribution in [0.5, 0.6) is 0 Å². The Labute approximate surface area is 49.0 Å². The van der Waals surface area contributed by atoms with Crippen molar-refractivity contribution in [3.05, 3.63) is 0 Å². The lowest BCUT2D eigenvalue weighted by Gasteiger charge is -2.09. The van der Waals surface area contributed by atoms with Gasteiger partial charge in [0.1, 0.15) is 0 Å². The second-order valence-corrected chi connectivity index (χ2v) is 2.81. The molecule has 0 aromatic carbocycles. The van der Waals surface area contributed by atoms with E-state index < -0.39 is 0 Å². The molecule has 1 heterocycles. The molecule has 0 amide bonds. The lowest BCUT2D eigenvalue weighted by molar-refractivity contribution is 0.0835. The van der Waals surface area contributed by atoms with Gasteiger partial charge in [-0.3, -0.25) is 0 Å². The van der Waals surface area contributed by atoms with Gasteiger partial charge in [0.25, 0.3) is 0 Å². The Kier molecular flexibility index (Phi) is 0.746. The zero-order chi connectivity index (χ0) is 5.61. The molecule has 0 aromatic heterocycles. The monoisotopic (exact) mass is 113 g/mol. The first-order chi connectivity index (χ1) is 3.83. The molecule has 1 aliphatic heterocycles. The van der Waals surface area contributed by atoms with Crippen LogP contribution in [0, 0.1) is 0 Å². The minimum Gasteiger partial charge on any atom is -0.373 e. The fraction of sp³-hybridized carbons (Fsp3) is 1.00. The van der Waals surface area contributed by atoms with Gasteiger partial charge in [-0.05, 0) is 19.3 Å². The first kappa shape index (κ1) is 4.77. The molecule has 2 heteroatoms. The maximum atomic E-state index is 5.75. The zero-order valence-electron chi connectivity index (χ0n) is 4.89. The highest BCUT2D eigenvalue weighted by Gasteiger charge is 2.52. The van der Waals surface area contributed by atoms with Crippen LogP contribution >= 0.6 is 0 Å². The van der Waals surface area contributed by atoms with Crippen molar-refractivity contribution >= 4 is 0 Å². The van der Waals surface area contributed by atoms with Gasteiger partial charge in [-0.2, -0.15) is 0 Å². The van der Waals surface area contributed by atoms with Crippen molar-refractivity contribution in [2.24, 2.45) is 5.73 Å². The molecule has 0 radical (unpaired) electrons. The summed E-state index contributed by atoms with van der Waals surface area (Å²) >= 11 is 0. The molecule has 1 spiro atoms. The van der Waals surface area contributed by atoms with E-state index in [1.165, 1.54) is 12.8 Å². The van der Waals surface area contributed by atoms with Crippen LogP contribution in [0.2, 0.25) is 0 Å². The molecule has 1 saturated heterocycles. The molecule has 8 heavy (non-hydrogen) atoms. The Morgan fingerprint density at radius 3 is 2.50 bits per heavy atom. The molecule has 0 bridgehead atoms. The minimum atomic E-state index is 0.181. The molecule has 1 aliphatic carbocycles. The fourth-order valence-electron chi connectivity index (χ4n) is 1.40. The van der Waals surface area contributed by atoms with Crippen molar-refractivity contribution in [2.75, 3.05) is 6.61 Å². The molecule has 2 aliphatic rings. The van der Waals surface area contributed by atoms with Crippen molar-refractivity contribution in [3.63, 3.8) is 0 Å². The SMILES string of the molecule is N[C@@H]1CCOC12CC2. The molecule has 2 fully saturated rings. The van der Waals surface area contributed by atoms with Crippen LogP contribution in [0.25, 0.3) is 0 Å². The van der Waals surface area contributed by atoms with Gasteiger partial charge in [-0.1, -0.05) is 0 Å². The van der Waals surface area contributed by atoms with Crippen LogP contribution < -0.4 is 5.73 Å². The van der Waals surface area contributed by atoms with Crippen molar-refractivity contribution in [1.29, 1.82) is 0 Å². The Morgan fingerprint density at radius 1 is 1.50 bits per heavy atom. The highest BCUT2D eigenvalue weighted by atomic mass is 16.5. The maximum Gasteiger partial charge on any atom is 0.0835 e. The average molecular weight is 113 g/mol. The van der Waals surface area contributed by atoms with Crippen LogP contribution in [0.4, 0.5) is 0 Å². The largest absolute Gasteiger partial charge is 0.373 e. The summed E-state index contributed by atoms with van der Waals surface area (Å²) in [6.07, 6.45) is 3.47. The van der Waals surface area contributed by atoms with E-state index in [-0.39, 0.29) is 5.60 Å². The summed E-state index contributed by atoms with van der Waals surface area (Å²) in [5.74, 6) is 0. The Bertz CT molecular complexity index is 109. The van der Waals surface area contributed by atoms with E-state index in [9.17, 15) is 0 Å². The van der Waals surface area contributed by atoms with Gasteiger partial charge in [-0.15, -0.1) is 0 Å². The number of rotatable bonds is 0. The van der Waals surface area contributed by atoms with Crippen molar-refractivity contribution in [2.45, 2.75) is 30.9 Å². The number of hydrogen-bond acceptors (Lipinski definition) is 2. The summed E-state index contributed by atoms with van der Waals surface area (Å²) in [4.78, 5) is 0. The summed E-state index contributed by atoms with van der Waals surface area (Å²) < 4.78 is 5.44. The maximum absolute atomic E-state index is 5.75. The first-order valence-electron chi connectivity index (χ1n) is 3.23. The predicted octanol–water partition coefficient (Wildman–Crippen LogP) is 0.267. The lowest BCUT2D eigenvalue weighted by atomic mass is 10.1. The Hall–Kier alpha value is -0.0800. The number of nitrogens with two attached hydrogens (primary N) is 1. The smallest absolute Gasteiger partial charge is 0.0835 e. The molecule has 2 nitrogen and oxygen atoms in total. The zero-order valence-corrected chi connectivity index (χ0v) is 4.89. The van der Waals surface area contributed by atoms with E-state index in [4.69, 9.17) is 10.5 Å². The summed E-state index contributed by atoms with van der Waals surface area (Å²) in [6.45, 7) is 0.890. The van der Waals surface area contributed by atoms with Crippen molar-refractivity contribution in [3.8, 4) is 0 Å². The van der Waals surface area contributed by atoms with Gasteiger partial charge in [-0.25, -0.2) is 0 Å². The van der Waals surface area contributed by atoms with E-state index in [1.807, 2.05) is 0 Å². The summed E-state index contributed by atoms with van der Waals surface area (Å²) in [7, 11) is 0. The minimum absolute atomic E-state index is 0.181. The molecule has 0 unspecified atom stereocenters. The van der Waals surface area contributed by atoms with Gasteiger partial charge in [0.2, 0.25) is 0 Å². The van der Waals surface area contributed by atoms with Crippen LogP contribution in [0.3, 0.4) is 0 Å². The van der Waals surface area contributed by atoms with E-state index in [0.717, 1.165) is 13.0 Å². The lowest BCUT2D eigenvalue weighted by Crippen LogP contribution is -2.31. The normalized spacial score (nSPS) is 40.9. The molecule has 2 rings (SSSR count). The third-order valence-electron chi connectivity index (χ3n) is 2.24. The molecular formula is C6H11NO. The number of ether oxygens (including phenoxy) is 1. The average Bonchev–Trinajstić information content (AvgIpc) is 2.39. The van der Waals surface area contributed by atoms with Gasteiger partial charge < -0.3 is 10.5 Å². The second-order valence-electron chi connectivity index (χ2n) is 2.81. The van der Waals surface area contributed by atoms with Crippen molar-refractivity contribution in [1.82, 2.24) is 0 Å². The molecule has 1 atom stereocenters. The second kappa shape index (κ2) is 1.25. The number of hydrogen-bond donors (Lipinski definition) is 1. The predicted molar refractivity (Wildman–Crippen MR) is 30.5 cm³/mol. The Morgan fingerprint density at radius 2 is 2.25 bits per heavy atom. The third kappa shape index (κ3) is 0.446. The van der Waals surface area contributed by atoms with Crippen LogP contribution in [0.1, 0.15) is 19.3 Å². The Balaban J connectivity index is 2.12. The van der Waals surface area contributed by atoms with Crippen LogP contribution in [-0.2, 0) is 4.74 Å². The highest BCUT2D eigenvalue weighted by molar-refractivity contribution is 5.06. The quantitative estimate of drug-likeness (QED) is 0.489. The topological polar surface area (TPSA) is 35.2 Å². The molecular weight excluding hydrogens is 102 g/mol. The van der Waals surface area contributed by atoms with E-state index in [1.54, 1.807) is 0 Å². The fourth-order valence-corrected chi connectivity index (χ4v) is 1.40. The summed E-state index contributed by atoms with van der Waals surface area (Å²) in [5, 5.41) is 0. The molecule has 46 valence electrons.